The van der Waals surface area contributed by atoms with Crippen LogP contribution in [0, 0.1) is 25.2 Å². The Kier molecular flexibility index (Phi) is 3.57. The summed E-state index contributed by atoms with van der Waals surface area (Å²) in [7, 11) is 0. The molecule has 0 aliphatic heterocycles. The van der Waals surface area contributed by atoms with Crippen LogP contribution < -0.4 is 0 Å². The van der Waals surface area contributed by atoms with Crippen LogP contribution in [-0.4, -0.2) is 29.0 Å². The molecule has 1 fully saturated rings. The second-order valence-electron chi connectivity index (χ2n) is 4.83. The first-order valence-electron chi connectivity index (χ1n) is 6.14. The van der Waals surface area contributed by atoms with E-state index in [4.69, 9.17) is 6.42 Å². The number of amides is 1. The highest BCUT2D eigenvalue weighted by atomic mass is 16.3. The number of hydrogen-bond acceptors (Lipinski definition) is 2. The minimum atomic E-state index is -0.0528. The Labute approximate surface area is 107 Å². The maximum absolute atomic E-state index is 12.3. The maximum Gasteiger partial charge on any atom is 0.254 e. The second kappa shape index (κ2) is 5.14. The molecule has 2 rings (SSSR count). The predicted octanol–water partition coefficient (Wildman–Crippen LogP) is 2.19. The topological polar surface area (TPSA) is 40.5 Å². The number of rotatable bonds is 4. The summed E-state index contributed by atoms with van der Waals surface area (Å²) >= 11 is 0. The quantitative estimate of drug-likeness (QED) is 0.823. The van der Waals surface area contributed by atoms with Crippen LogP contribution in [0.15, 0.2) is 18.2 Å². The molecule has 1 aliphatic rings. The highest BCUT2D eigenvalue weighted by Gasteiger charge is 2.26. The van der Waals surface area contributed by atoms with Crippen molar-refractivity contribution in [2.75, 3.05) is 13.1 Å². The summed E-state index contributed by atoms with van der Waals surface area (Å²) in [4.78, 5) is 14.0. The normalized spacial score (nSPS) is 14.0. The number of benzene rings is 1. The number of terminal acetylenes is 1. The molecule has 0 aromatic heterocycles. The van der Waals surface area contributed by atoms with Gasteiger partial charge in [-0.1, -0.05) is 5.92 Å². The van der Waals surface area contributed by atoms with Crippen LogP contribution in [0.2, 0.25) is 0 Å². The number of hydrogen-bond donors (Lipinski definition) is 1. The van der Waals surface area contributed by atoms with Crippen LogP contribution in [0.5, 0.6) is 5.75 Å². The number of phenolic OH excluding ortho intramolecular Hbond substituents is 1. The molecule has 1 aromatic carbocycles. The molecule has 1 aromatic rings. The molecule has 0 bridgehead atoms. The van der Waals surface area contributed by atoms with Gasteiger partial charge in [-0.2, -0.15) is 0 Å². The number of nitrogens with zero attached hydrogens (tertiary/aromatic N) is 1. The Morgan fingerprint density at radius 1 is 1.56 bits per heavy atom. The third-order valence-corrected chi connectivity index (χ3v) is 3.19. The average Bonchev–Trinajstić information content (AvgIpc) is 3.15. The predicted molar refractivity (Wildman–Crippen MR) is 70.3 cm³/mol. The molecule has 1 amide bonds. The highest BCUT2D eigenvalue weighted by Crippen LogP contribution is 2.30. The second-order valence-corrected chi connectivity index (χ2v) is 4.83. The fourth-order valence-corrected chi connectivity index (χ4v) is 1.91. The third kappa shape index (κ3) is 2.84. The fraction of sp³-hybridized carbons (Fsp3) is 0.400. The van der Waals surface area contributed by atoms with Gasteiger partial charge in [0.2, 0.25) is 0 Å². The zero-order valence-corrected chi connectivity index (χ0v) is 10.5. The summed E-state index contributed by atoms with van der Waals surface area (Å²) in [6, 6.07) is 4.89. The summed E-state index contributed by atoms with van der Waals surface area (Å²) < 4.78 is 0. The molecular formula is C15H17NO2. The maximum atomic E-state index is 12.3. The van der Waals surface area contributed by atoms with E-state index >= 15 is 0 Å². The Morgan fingerprint density at radius 3 is 2.83 bits per heavy atom. The minimum absolute atomic E-state index is 0.0528. The third-order valence-electron chi connectivity index (χ3n) is 3.19. The van der Waals surface area contributed by atoms with E-state index < -0.39 is 0 Å². The van der Waals surface area contributed by atoms with Crippen molar-refractivity contribution in [2.45, 2.75) is 19.8 Å². The van der Waals surface area contributed by atoms with E-state index in [1.165, 1.54) is 12.8 Å². The van der Waals surface area contributed by atoms with Crippen molar-refractivity contribution in [1.82, 2.24) is 4.90 Å². The van der Waals surface area contributed by atoms with E-state index in [2.05, 4.69) is 5.92 Å². The molecule has 0 saturated heterocycles. The SMILES string of the molecule is C#CCN(CC1CC1)C(=O)c1ccc(O)c(C)c1. The van der Waals surface area contributed by atoms with Crippen LogP contribution in [0.1, 0.15) is 28.8 Å². The summed E-state index contributed by atoms with van der Waals surface area (Å²) in [5.74, 6) is 3.30. The van der Waals surface area contributed by atoms with Crippen LogP contribution >= 0.6 is 0 Å². The van der Waals surface area contributed by atoms with E-state index in [1.54, 1.807) is 30.0 Å². The molecule has 1 saturated carbocycles. The number of carbonyl (C=O) groups is 1. The zero-order chi connectivity index (χ0) is 13.1. The van der Waals surface area contributed by atoms with Crippen molar-refractivity contribution in [3.63, 3.8) is 0 Å². The largest absolute Gasteiger partial charge is 0.508 e. The molecule has 1 aliphatic carbocycles. The van der Waals surface area contributed by atoms with Crippen LogP contribution in [0.3, 0.4) is 0 Å². The first-order valence-corrected chi connectivity index (χ1v) is 6.14. The van der Waals surface area contributed by atoms with Gasteiger partial charge in [0.25, 0.3) is 5.91 Å². The summed E-state index contributed by atoms with van der Waals surface area (Å²) in [5.41, 5.74) is 1.29. The molecule has 0 unspecified atom stereocenters. The van der Waals surface area contributed by atoms with E-state index in [0.29, 0.717) is 23.6 Å². The first kappa shape index (κ1) is 12.5. The van der Waals surface area contributed by atoms with Gasteiger partial charge in [0.15, 0.2) is 0 Å². The molecule has 0 radical (unpaired) electrons. The van der Waals surface area contributed by atoms with E-state index in [9.17, 15) is 9.90 Å². The van der Waals surface area contributed by atoms with Crippen molar-refractivity contribution in [2.24, 2.45) is 5.92 Å². The van der Waals surface area contributed by atoms with Gasteiger partial charge < -0.3 is 10.0 Å². The molecule has 0 spiro atoms. The molecule has 3 nitrogen and oxygen atoms in total. The molecule has 94 valence electrons. The van der Waals surface area contributed by atoms with Gasteiger partial charge in [0.05, 0.1) is 6.54 Å². The number of aromatic hydroxyl groups is 1. The van der Waals surface area contributed by atoms with Gasteiger partial charge in [-0.05, 0) is 49.4 Å². The monoisotopic (exact) mass is 243 g/mol. The van der Waals surface area contributed by atoms with Crippen LogP contribution in [0.4, 0.5) is 0 Å². The fourth-order valence-electron chi connectivity index (χ4n) is 1.91. The Hall–Kier alpha value is -1.95. The van der Waals surface area contributed by atoms with Gasteiger partial charge in [-0.25, -0.2) is 0 Å². The lowest BCUT2D eigenvalue weighted by Gasteiger charge is -2.20. The Bertz CT molecular complexity index is 498. The van der Waals surface area contributed by atoms with Gasteiger partial charge >= 0.3 is 0 Å². The highest BCUT2D eigenvalue weighted by molar-refractivity contribution is 5.94. The van der Waals surface area contributed by atoms with Gasteiger partial charge in [-0.15, -0.1) is 6.42 Å². The lowest BCUT2D eigenvalue weighted by atomic mass is 10.1. The average molecular weight is 243 g/mol. The standard InChI is InChI=1S/C15H17NO2/c1-3-8-16(10-12-4-5-12)15(18)13-6-7-14(17)11(2)9-13/h1,6-7,9,12,17H,4-5,8,10H2,2H3. The summed E-state index contributed by atoms with van der Waals surface area (Å²) in [6.07, 6.45) is 7.68. The molecule has 18 heavy (non-hydrogen) atoms. The van der Waals surface area contributed by atoms with Gasteiger partial charge in [0.1, 0.15) is 5.75 Å². The van der Waals surface area contributed by atoms with Gasteiger partial charge in [-0.3, -0.25) is 4.79 Å². The Balaban J connectivity index is 2.15. The summed E-state index contributed by atoms with van der Waals surface area (Å²) in [6.45, 7) is 2.86. The minimum Gasteiger partial charge on any atom is -0.508 e. The van der Waals surface area contributed by atoms with E-state index in [-0.39, 0.29) is 11.7 Å². The molecule has 0 heterocycles. The van der Waals surface area contributed by atoms with Crippen molar-refractivity contribution >= 4 is 5.91 Å². The summed E-state index contributed by atoms with van der Waals surface area (Å²) in [5, 5.41) is 9.47. The van der Waals surface area contributed by atoms with Crippen LogP contribution in [-0.2, 0) is 0 Å². The van der Waals surface area contributed by atoms with Gasteiger partial charge in [0, 0.05) is 12.1 Å². The first-order chi connectivity index (χ1) is 8.61. The van der Waals surface area contributed by atoms with Crippen LogP contribution in [0.25, 0.3) is 0 Å². The lowest BCUT2D eigenvalue weighted by molar-refractivity contribution is 0.0769. The molecule has 3 heteroatoms. The molecule has 0 atom stereocenters. The molecular weight excluding hydrogens is 226 g/mol. The number of phenols is 1. The number of aryl methyl sites for hydroxylation is 1. The zero-order valence-electron chi connectivity index (χ0n) is 10.5. The smallest absolute Gasteiger partial charge is 0.254 e. The van der Waals surface area contributed by atoms with Crippen molar-refractivity contribution in [1.29, 1.82) is 0 Å². The molecule has 1 N–H and O–H groups in total. The van der Waals surface area contributed by atoms with E-state index in [1.807, 2.05) is 0 Å². The lowest BCUT2D eigenvalue weighted by Crippen LogP contribution is -2.33. The van der Waals surface area contributed by atoms with Crippen molar-refractivity contribution < 1.29 is 9.90 Å². The van der Waals surface area contributed by atoms with E-state index in [0.717, 1.165) is 6.54 Å². The van der Waals surface area contributed by atoms with Crippen molar-refractivity contribution in [3.05, 3.63) is 29.3 Å². The number of carbonyl (C=O) groups excluding carboxylic acids is 1. The van der Waals surface area contributed by atoms with Crippen molar-refractivity contribution in [3.8, 4) is 18.1 Å². The Morgan fingerprint density at radius 2 is 2.28 bits per heavy atom.